The van der Waals surface area contributed by atoms with E-state index in [1.54, 1.807) is 6.92 Å². The number of nitrogens with zero attached hydrogens (tertiary/aromatic N) is 1. The number of benzene rings is 2. The molecule has 35 heavy (non-hydrogen) atoms. The lowest BCUT2D eigenvalue weighted by Gasteiger charge is -2.27. The van der Waals surface area contributed by atoms with E-state index in [-0.39, 0.29) is 18.2 Å². The Morgan fingerprint density at radius 2 is 1.43 bits per heavy atom. The SMILES string of the molecule is COC(=O)N(Cc1cc(C(F)(F)F)cc(C(F)(F)F)c1)CC1c2cc(C(F)(F)F)ccc2NC1C. The van der Waals surface area contributed by atoms with E-state index in [0.29, 0.717) is 17.8 Å². The standard InChI is InChI=1S/C22H19F9N2O2/c1-11-17(16-8-13(20(23,24)25)3-4-18(16)32-11)10-33(19(34)35-2)9-12-5-14(21(26,27)28)7-15(6-12)22(29,30)31/h3-8,11,17,32H,9-10H2,1-2H3. The number of nitrogens with one attached hydrogen (secondary N) is 1. The molecular formula is C22H19F9N2O2. The molecule has 0 aromatic heterocycles. The second kappa shape index (κ2) is 9.15. The second-order valence-electron chi connectivity index (χ2n) is 8.10. The van der Waals surface area contributed by atoms with Crippen LogP contribution in [0.2, 0.25) is 0 Å². The van der Waals surface area contributed by atoms with Gasteiger partial charge in [-0.15, -0.1) is 0 Å². The lowest BCUT2D eigenvalue weighted by Crippen LogP contribution is -2.37. The van der Waals surface area contributed by atoms with Crippen LogP contribution in [0, 0.1) is 0 Å². The van der Waals surface area contributed by atoms with Gasteiger partial charge in [0, 0.05) is 30.7 Å². The number of carbonyl (C=O) groups excluding carboxylic acids is 1. The molecule has 13 heteroatoms. The van der Waals surface area contributed by atoms with Crippen LogP contribution in [0.1, 0.15) is 40.7 Å². The maximum atomic E-state index is 13.2. The Morgan fingerprint density at radius 1 is 0.886 bits per heavy atom. The minimum absolute atomic E-state index is 0.0378. The largest absolute Gasteiger partial charge is 0.453 e. The predicted molar refractivity (Wildman–Crippen MR) is 107 cm³/mol. The molecule has 1 N–H and O–H groups in total. The fourth-order valence-corrected chi connectivity index (χ4v) is 3.95. The number of hydrogen-bond donors (Lipinski definition) is 1. The molecule has 1 aliphatic rings. The monoisotopic (exact) mass is 514 g/mol. The molecule has 4 nitrogen and oxygen atoms in total. The van der Waals surface area contributed by atoms with Crippen molar-refractivity contribution in [3.05, 3.63) is 64.2 Å². The van der Waals surface area contributed by atoms with E-state index in [1.165, 1.54) is 6.07 Å². The molecule has 0 fully saturated rings. The van der Waals surface area contributed by atoms with Gasteiger partial charge < -0.3 is 15.0 Å². The number of methoxy groups -OCH3 is 1. The lowest BCUT2D eigenvalue weighted by atomic mass is 9.93. The third kappa shape index (κ3) is 5.93. The van der Waals surface area contributed by atoms with Crippen LogP contribution in [0.3, 0.4) is 0 Å². The first kappa shape index (κ1) is 26.5. The smallest absolute Gasteiger partial charge is 0.416 e. The van der Waals surface area contributed by atoms with Crippen molar-refractivity contribution in [2.24, 2.45) is 0 Å². The number of rotatable bonds is 4. The number of halogens is 9. The fraction of sp³-hybridized carbons (Fsp3) is 0.409. The van der Waals surface area contributed by atoms with Crippen molar-refractivity contribution in [1.82, 2.24) is 4.90 Å². The molecule has 1 amide bonds. The van der Waals surface area contributed by atoms with Crippen LogP contribution in [0.5, 0.6) is 0 Å². The van der Waals surface area contributed by atoms with Gasteiger partial charge in [0.1, 0.15) is 0 Å². The van der Waals surface area contributed by atoms with Gasteiger partial charge in [0.2, 0.25) is 0 Å². The summed E-state index contributed by atoms with van der Waals surface area (Å²) in [5, 5.41) is 2.97. The Labute approximate surface area is 193 Å². The Morgan fingerprint density at radius 3 is 1.91 bits per heavy atom. The Bertz CT molecular complexity index is 1060. The maximum absolute atomic E-state index is 13.2. The van der Waals surface area contributed by atoms with Crippen LogP contribution >= 0.6 is 0 Å². The normalized spacial score (nSPS) is 18.1. The van der Waals surface area contributed by atoms with Gasteiger partial charge in [-0.3, -0.25) is 0 Å². The van der Waals surface area contributed by atoms with Gasteiger partial charge in [-0.2, -0.15) is 39.5 Å². The fourth-order valence-electron chi connectivity index (χ4n) is 3.95. The number of carbonyl (C=O) groups is 1. The van der Waals surface area contributed by atoms with Crippen molar-refractivity contribution in [3.8, 4) is 0 Å². The van der Waals surface area contributed by atoms with Crippen LogP contribution in [0.25, 0.3) is 0 Å². The summed E-state index contributed by atoms with van der Waals surface area (Å²) in [6.07, 6.45) is -15.9. The van der Waals surface area contributed by atoms with Crippen molar-refractivity contribution < 1.29 is 49.0 Å². The van der Waals surface area contributed by atoms with Gasteiger partial charge in [0.25, 0.3) is 0 Å². The molecule has 2 atom stereocenters. The van der Waals surface area contributed by atoms with Crippen LogP contribution in [-0.2, 0) is 29.8 Å². The summed E-state index contributed by atoms with van der Waals surface area (Å²) in [6, 6.07) is 3.43. The van der Waals surface area contributed by atoms with Crippen molar-refractivity contribution in [3.63, 3.8) is 0 Å². The molecule has 0 spiro atoms. The molecule has 0 radical (unpaired) electrons. The summed E-state index contributed by atoms with van der Waals surface area (Å²) in [4.78, 5) is 13.2. The lowest BCUT2D eigenvalue weighted by molar-refractivity contribution is -0.143. The molecule has 192 valence electrons. The number of anilines is 1. The van der Waals surface area contributed by atoms with E-state index in [0.717, 1.165) is 24.1 Å². The summed E-state index contributed by atoms with van der Waals surface area (Å²) in [6.45, 7) is 0.601. The number of ether oxygens (including phenoxy) is 1. The maximum Gasteiger partial charge on any atom is 0.416 e. The number of fused-ring (bicyclic) bond motifs is 1. The van der Waals surface area contributed by atoms with Gasteiger partial charge in [-0.05, 0) is 54.4 Å². The summed E-state index contributed by atoms with van der Waals surface area (Å²) in [7, 11) is 0.967. The van der Waals surface area contributed by atoms with Gasteiger partial charge in [0.05, 0.1) is 23.8 Å². The Hall–Kier alpha value is -3.12. The van der Waals surface area contributed by atoms with Crippen LogP contribution in [0.15, 0.2) is 36.4 Å². The molecule has 0 aliphatic carbocycles. The molecule has 0 saturated carbocycles. The molecule has 0 bridgehead atoms. The van der Waals surface area contributed by atoms with E-state index in [9.17, 15) is 44.3 Å². The minimum atomic E-state index is -5.08. The number of alkyl halides is 9. The predicted octanol–water partition coefficient (Wildman–Crippen LogP) is 6.91. The minimum Gasteiger partial charge on any atom is -0.453 e. The van der Waals surface area contributed by atoms with E-state index in [2.05, 4.69) is 10.1 Å². The zero-order valence-corrected chi connectivity index (χ0v) is 18.2. The zero-order chi connectivity index (χ0) is 26.3. The topological polar surface area (TPSA) is 41.6 Å². The number of hydrogen-bond acceptors (Lipinski definition) is 3. The molecule has 2 aromatic carbocycles. The van der Waals surface area contributed by atoms with E-state index in [1.807, 2.05) is 0 Å². The Balaban J connectivity index is 1.98. The van der Waals surface area contributed by atoms with Crippen molar-refractivity contribution >= 4 is 11.8 Å². The van der Waals surface area contributed by atoms with Crippen molar-refractivity contribution in [2.75, 3.05) is 19.0 Å². The molecular weight excluding hydrogens is 495 g/mol. The summed E-state index contributed by atoms with van der Waals surface area (Å²) in [5.41, 5.74) is -3.93. The average molecular weight is 514 g/mol. The van der Waals surface area contributed by atoms with Crippen LogP contribution < -0.4 is 5.32 Å². The highest BCUT2D eigenvalue weighted by molar-refractivity contribution is 5.68. The van der Waals surface area contributed by atoms with E-state index >= 15 is 0 Å². The zero-order valence-electron chi connectivity index (χ0n) is 18.2. The Kier molecular flexibility index (Phi) is 6.93. The molecule has 1 heterocycles. The average Bonchev–Trinajstić information content (AvgIpc) is 3.05. The third-order valence-corrected chi connectivity index (χ3v) is 5.64. The highest BCUT2D eigenvalue weighted by atomic mass is 19.4. The first-order valence-corrected chi connectivity index (χ1v) is 10.1. The highest BCUT2D eigenvalue weighted by Crippen LogP contribution is 2.41. The van der Waals surface area contributed by atoms with Crippen LogP contribution in [0.4, 0.5) is 50.0 Å². The third-order valence-electron chi connectivity index (χ3n) is 5.64. The van der Waals surface area contributed by atoms with Crippen LogP contribution in [-0.4, -0.2) is 30.7 Å². The molecule has 1 aliphatic heterocycles. The molecule has 2 unspecified atom stereocenters. The van der Waals surface area contributed by atoms with E-state index < -0.39 is 65.4 Å². The molecule has 3 rings (SSSR count). The van der Waals surface area contributed by atoms with Gasteiger partial charge >= 0.3 is 24.6 Å². The van der Waals surface area contributed by atoms with E-state index in [4.69, 9.17) is 0 Å². The first-order chi connectivity index (χ1) is 16.0. The molecule has 0 saturated heterocycles. The molecule has 2 aromatic rings. The first-order valence-electron chi connectivity index (χ1n) is 10.1. The number of amides is 1. The van der Waals surface area contributed by atoms with Crippen molar-refractivity contribution in [2.45, 2.75) is 44.0 Å². The highest BCUT2D eigenvalue weighted by Gasteiger charge is 2.39. The van der Waals surface area contributed by atoms with Gasteiger partial charge in [0.15, 0.2) is 0 Å². The van der Waals surface area contributed by atoms with Crippen molar-refractivity contribution in [1.29, 1.82) is 0 Å². The second-order valence-corrected chi connectivity index (χ2v) is 8.10. The van der Waals surface area contributed by atoms with Gasteiger partial charge in [-0.25, -0.2) is 4.79 Å². The summed E-state index contributed by atoms with van der Waals surface area (Å²) >= 11 is 0. The van der Waals surface area contributed by atoms with Gasteiger partial charge in [-0.1, -0.05) is 0 Å². The summed E-state index contributed by atoms with van der Waals surface area (Å²) < 4.78 is 123. The summed E-state index contributed by atoms with van der Waals surface area (Å²) in [5.74, 6) is -0.751. The quantitative estimate of drug-likeness (QED) is 0.451.